The lowest BCUT2D eigenvalue weighted by Crippen LogP contribution is -2.26. The Hall–Kier alpha value is -1.44. The third-order valence-electron chi connectivity index (χ3n) is 2.36. The molecule has 1 N–H and O–H groups in total. The summed E-state index contributed by atoms with van der Waals surface area (Å²) in [5, 5.41) is 9.26. The monoisotopic (exact) mass is 176 g/mol. The van der Waals surface area contributed by atoms with Crippen molar-refractivity contribution in [3.63, 3.8) is 0 Å². The minimum atomic E-state index is -0.309. The predicted octanol–water partition coefficient (Wildman–Crippen LogP) is 2.27. The van der Waals surface area contributed by atoms with Crippen LogP contribution in [0.3, 0.4) is 0 Å². The van der Waals surface area contributed by atoms with Crippen LogP contribution in [-0.2, 0) is 6.42 Å². The minimum absolute atomic E-state index is 0.288. The van der Waals surface area contributed by atoms with Gasteiger partial charge in [0.2, 0.25) is 0 Å². The molecule has 1 aromatic rings. The Bertz CT molecular complexity index is 357. The first-order chi connectivity index (χ1) is 6.13. The molecule has 1 aliphatic rings. The van der Waals surface area contributed by atoms with Crippen molar-refractivity contribution >= 4 is 0 Å². The van der Waals surface area contributed by atoms with E-state index >= 15 is 0 Å². The van der Waals surface area contributed by atoms with E-state index in [4.69, 9.17) is 4.74 Å². The van der Waals surface area contributed by atoms with E-state index in [1.165, 1.54) is 0 Å². The molecule has 0 saturated heterocycles. The number of phenolic OH excluding ortho intramolecular Hbond substituents is 1. The summed E-state index contributed by atoms with van der Waals surface area (Å²) in [5.41, 5.74) is 0.734. The minimum Gasteiger partial charge on any atom is -0.508 e. The first-order valence-electron chi connectivity index (χ1n) is 4.27. The van der Waals surface area contributed by atoms with Gasteiger partial charge in [-0.1, -0.05) is 6.58 Å². The number of benzene rings is 1. The Labute approximate surface area is 77.5 Å². The summed E-state index contributed by atoms with van der Waals surface area (Å²) < 4.78 is 5.67. The lowest BCUT2D eigenvalue weighted by molar-refractivity contribution is 0.171. The van der Waals surface area contributed by atoms with Crippen LogP contribution in [0.4, 0.5) is 0 Å². The summed E-state index contributed by atoms with van der Waals surface area (Å²) in [4.78, 5) is 0. The molecule has 0 amide bonds. The van der Waals surface area contributed by atoms with E-state index in [1.54, 1.807) is 24.3 Å². The molecule has 0 fully saturated rings. The van der Waals surface area contributed by atoms with Crippen LogP contribution in [0.2, 0.25) is 0 Å². The zero-order valence-corrected chi connectivity index (χ0v) is 7.58. The number of phenols is 1. The van der Waals surface area contributed by atoms with Crippen molar-refractivity contribution in [2.75, 3.05) is 0 Å². The lowest BCUT2D eigenvalue weighted by Gasteiger charge is -2.18. The fraction of sp³-hybridized carbons (Fsp3) is 0.273. The van der Waals surface area contributed by atoms with Crippen LogP contribution in [0.25, 0.3) is 0 Å². The number of fused-ring (bicyclic) bond motifs is 1. The molecular weight excluding hydrogens is 164 g/mol. The second kappa shape index (κ2) is 2.52. The van der Waals surface area contributed by atoms with Gasteiger partial charge in [-0.05, 0) is 31.2 Å². The van der Waals surface area contributed by atoms with Crippen molar-refractivity contribution in [2.45, 2.75) is 18.9 Å². The summed E-state index contributed by atoms with van der Waals surface area (Å²) >= 11 is 0. The highest BCUT2D eigenvalue weighted by Crippen LogP contribution is 2.37. The third kappa shape index (κ3) is 1.28. The fourth-order valence-electron chi connectivity index (χ4n) is 1.58. The molecule has 1 heterocycles. The molecule has 2 rings (SSSR count). The van der Waals surface area contributed by atoms with Crippen molar-refractivity contribution in [3.8, 4) is 11.5 Å². The summed E-state index contributed by atoms with van der Waals surface area (Å²) in [6, 6.07) is 5.16. The normalized spacial score (nSPS) is 25.0. The topological polar surface area (TPSA) is 29.5 Å². The van der Waals surface area contributed by atoms with E-state index in [0.29, 0.717) is 0 Å². The molecule has 1 aliphatic heterocycles. The summed E-state index contributed by atoms with van der Waals surface area (Å²) in [6.07, 6.45) is 2.57. The van der Waals surface area contributed by atoms with E-state index < -0.39 is 0 Å². The molecule has 0 aromatic heterocycles. The quantitative estimate of drug-likeness (QED) is 0.665. The van der Waals surface area contributed by atoms with Crippen LogP contribution in [0, 0.1) is 0 Å². The van der Waals surface area contributed by atoms with E-state index in [2.05, 4.69) is 6.58 Å². The highest BCUT2D eigenvalue weighted by atomic mass is 16.5. The van der Waals surface area contributed by atoms with Crippen LogP contribution >= 0.6 is 0 Å². The highest BCUT2D eigenvalue weighted by molar-refractivity contribution is 5.44. The van der Waals surface area contributed by atoms with Crippen LogP contribution in [0.15, 0.2) is 30.9 Å². The summed E-state index contributed by atoms with van der Waals surface area (Å²) in [5.74, 6) is 1.14. The Kier molecular flexibility index (Phi) is 1.59. The standard InChI is InChI=1S/C11H12O2/c1-3-11(2)7-8-6-9(12)4-5-10(8)13-11/h3-6,12H,1,7H2,2H3. The van der Waals surface area contributed by atoms with Crippen molar-refractivity contribution in [3.05, 3.63) is 36.4 Å². The van der Waals surface area contributed by atoms with Gasteiger partial charge < -0.3 is 9.84 Å². The second-order valence-corrected chi connectivity index (χ2v) is 3.59. The molecule has 68 valence electrons. The molecule has 0 saturated carbocycles. The number of ether oxygens (including phenoxy) is 1. The van der Waals surface area contributed by atoms with Crippen molar-refractivity contribution in [1.82, 2.24) is 0 Å². The molecule has 1 aromatic carbocycles. The molecule has 1 unspecified atom stereocenters. The summed E-state index contributed by atoms with van der Waals surface area (Å²) in [6.45, 7) is 5.72. The van der Waals surface area contributed by atoms with Crippen molar-refractivity contribution in [2.24, 2.45) is 0 Å². The van der Waals surface area contributed by atoms with Gasteiger partial charge in [0.25, 0.3) is 0 Å². The van der Waals surface area contributed by atoms with Gasteiger partial charge in [-0.3, -0.25) is 0 Å². The highest BCUT2D eigenvalue weighted by Gasteiger charge is 2.31. The molecule has 1 atom stereocenters. The lowest BCUT2D eigenvalue weighted by atomic mass is 10.00. The molecule has 0 spiro atoms. The molecule has 2 heteroatoms. The smallest absolute Gasteiger partial charge is 0.128 e. The SMILES string of the molecule is C=CC1(C)Cc2cc(O)ccc2O1. The second-order valence-electron chi connectivity index (χ2n) is 3.59. The van der Waals surface area contributed by atoms with Crippen molar-refractivity contribution in [1.29, 1.82) is 0 Å². The number of hydrogen-bond acceptors (Lipinski definition) is 2. The van der Waals surface area contributed by atoms with Gasteiger partial charge in [-0.25, -0.2) is 0 Å². The first-order valence-corrected chi connectivity index (χ1v) is 4.27. The zero-order chi connectivity index (χ0) is 9.47. The van der Waals surface area contributed by atoms with Crippen LogP contribution in [0.1, 0.15) is 12.5 Å². The number of hydrogen-bond donors (Lipinski definition) is 1. The van der Waals surface area contributed by atoms with Crippen LogP contribution < -0.4 is 4.74 Å². The fourth-order valence-corrected chi connectivity index (χ4v) is 1.58. The zero-order valence-electron chi connectivity index (χ0n) is 7.58. The molecule has 0 bridgehead atoms. The van der Waals surface area contributed by atoms with Gasteiger partial charge >= 0.3 is 0 Å². The van der Waals surface area contributed by atoms with E-state index in [-0.39, 0.29) is 11.4 Å². The van der Waals surface area contributed by atoms with Gasteiger partial charge in [0.15, 0.2) is 0 Å². The molecule has 0 aliphatic carbocycles. The van der Waals surface area contributed by atoms with Crippen LogP contribution in [0.5, 0.6) is 11.5 Å². The van der Waals surface area contributed by atoms with E-state index in [9.17, 15) is 5.11 Å². The van der Waals surface area contributed by atoms with Gasteiger partial charge in [0.05, 0.1) is 0 Å². The van der Waals surface area contributed by atoms with Crippen molar-refractivity contribution < 1.29 is 9.84 Å². The van der Waals surface area contributed by atoms with E-state index in [0.717, 1.165) is 17.7 Å². The molecule has 13 heavy (non-hydrogen) atoms. The maximum Gasteiger partial charge on any atom is 0.128 e. The third-order valence-corrected chi connectivity index (χ3v) is 2.36. The Morgan fingerprint density at radius 3 is 3.08 bits per heavy atom. The molecule has 0 radical (unpaired) electrons. The number of aromatic hydroxyl groups is 1. The average Bonchev–Trinajstić information content (AvgIpc) is 2.42. The largest absolute Gasteiger partial charge is 0.508 e. The molecular formula is C11H12O2. The predicted molar refractivity (Wildman–Crippen MR) is 51.0 cm³/mol. The van der Waals surface area contributed by atoms with Gasteiger partial charge in [-0.2, -0.15) is 0 Å². The van der Waals surface area contributed by atoms with E-state index in [1.807, 2.05) is 6.92 Å². The first kappa shape index (κ1) is 8.17. The maximum atomic E-state index is 9.26. The maximum absolute atomic E-state index is 9.26. The van der Waals surface area contributed by atoms with Crippen LogP contribution in [-0.4, -0.2) is 10.7 Å². The Balaban J connectivity index is 2.40. The van der Waals surface area contributed by atoms with Gasteiger partial charge in [0, 0.05) is 12.0 Å². The molecule has 2 nitrogen and oxygen atoms in total. The number of rotatable bonds is 1. The summed E-state index contributed by atoms with van der Waals surface area (Å²) in [7, 11) is 0. The average molecular weight is 176 g/mol. The Morgan fingerprint density at radius 2 is 2.38 bits per heavy atom. The van der Waals surface area contributed by atoms with Gasteiger partial charge in [0.1, 0.15) is 17.1 Å². The Morgan fingerprint density at radius 1 is 1.62 bits per heavy atom. The van der Waals surface area contributed by atoms with Gasteiger partial charge in [-0.15, -0.1) is 0 Å².